The zero-order valence-electron chi connectivity index (χ0n) is 21.2. The molecule has 3 rings (SSSR count). The van der Waals surface area contributed by atoms with Gasteiger partial charge in [-0.2, -0.15) is 4.31 Å². The van der Waals surface area contributed by atoms with Crippen LogP contribution in [-0.2, 0) is 19.6 Å². The summed E-state index contributed by atoms with van der Waals surface area (Å²) in [5.74, 6) is -0.461. The summed E-state index contributed by atoms with van der Waals surface area (Å²) in [6.07, 6.45) is 3.95. The lowest BCUT2D eigenvalue weighted by molar-refractivity contribution is -0.116. The van der Waals surface area contributed by atoms with Gasteiger partial charge in [0.25, 0.3) is 0 Å². The lowest BCUT2D eigenvalue weighted by Gasteiger charge is -2.33. The molecule has 0 heterocycles. The lowest BCUT2D eigenvalue weighted by Crippen LogP contribution is -2.45. The van der Waals surface area contributed by atoms with Crippen LogP contribution in [0.15, 0.2) is 35.2 Å². The number of hydrogen-bond donors (Lipinski definition) is 1. The first-order chi connectivity index (χ1) is 17.7. The zero-order valence-corrected chi connectivity index (χ0v) is 22.8. The molecule has 12 heteroatoms. The minimum absolute atomic E-state index is 0.0301. The molecule has 0 aromatic heterocycles. The topological polar surface area (TPSA) is 120 Å². The van der Waals surface area contributed by atoms with Crippen molar-refractivity contribution < 1.29 is 37.0 Å². The Morgan fingerprint density at radius 1 is 0.946 bits per heavy atom. The van der Waals surface area contributed by atoms with Gasteiger partial charge in [-0.3, -0.25) is 4.79 Å². The van der Waals surface area contributed by atoms with Gasteiger partial charge in [0.15, 0.2) is 11.5 Å². The number of sulfonamides is 1. The highest BCUT2D eigenvalue weighted by Crippen LogP contribution is 2.35. The van der Waals surface area contributed by atoms with E-state index < -0.39 is 28.4 Å². The van der Waals surface area contributed by atoms with E-state index in [4.69, 9.17) is 30.5 Å². The van der Waals surface area contributed by atoms with E-state index in [0.29, 0.717) is 18.6 Å². The normalized spacial score (nSPS) is 14.2. The molecule has 10 nitrogen and oxygen atoms in total. The molecule has 1 fully saturated rings. The quantitative estimate of drug-likeness (QED) is 0.435. The van der Waals surface area contributed by atoms with Crippen LogP contribution in [0.5, 0.6) is 17.2 Å². The number of methoxy groups -OCH3 is 4. The second-order valence-corrected chi connectivity index (χ2v) is 10.7. The van der Waals surface area contributed by atoms with Crippen LogP contribution in [0.3, 0.4) is 0 Å². The van der Waals surface area contributed by atoms with Gasteiger partial charge in [0, 0.05) is 18.2 Å². The van der Waals surface area contributed by atoms with Crippen LogP contribution in [0.25, 0.3) is 0 Å². The van der Waals surface area contributed by atoms with Gasteiger partial charge in [-0.25, -0.2) is 13.2 Å². The molecule has 202 valence electrons. The van der Waals surface area contributed by atoms with E-state index in [2.05, 4.69) is 5.32 Å². The maximum atomic E-state index is 13.7. The van der Waals surface area contributed by atoms with Crippen LogP contribution in [-0.4, -0.2) is 65.6 Å². The lowest BCUT2D eigenvalue weighted by atomic mass is 9.95. The molecule has 0 unspecified atom stereocenters. The predicted molar refractivity (Wildman–Crippen MR) is 138 cm³/mol. The van der Waals surface area contributed by atoms with Crippen molar-refractivity contribution in [2.24, 2.45) is 0 Å². The monoisotopic (exact) mass is 554 g/mol. The summed E-state index contributed by atoms with van der Waals surface area (Å²) in [4.78, 5) is 25.6. The van der Waals surface area contributed by atoms with Crippen LogP contribution in [0.1, 0.15) is 42.5 Å². The summed E-state index contributed by atoms with van der Waals surface area (Å²) in [6.45, 7) is -0.467. The smallest absolute Gasteiger partial charge is 0.340 e. The number of hydrogen-bond acceptors (Lipinski definition) is 8. The molecule has 1 aliphatic rings. The van der Waals surface area contributed by atoms with E-state index in [0.717, 1.165) is 19.3 Å². The number of benzene rings is 2. The van der Waals surface area contributed by atoms with Gasteiger partial charge in [-0.1, -0.05) is 30.9 Å². The van der Waals surface area contributed by atoms with Gasteiger partial charge in [-0.15, -0.1) is 0 Å². The Morgan fingerprint density at radius 2 is 1.57 bits per heavy atom. The van der Waals surface area contributed by atoms with Crippen LogP contribution in [0.2, 0.25) is 5.02 Å². The van der Waals surface area contributed by atoms with Gasteiger partial charge >= 0.3 is 5.97 Å². The largest absolute Gasteiger partial charge is 0.495 e. The number of nitrogens with one attached hydrogen (secondary N) is 1. The second kappa shape index (κ2) is 12.5. The highest BCUT2D eigenvalue weighted by atomic mass is 35.5. The minimum Gasteiger partial charge on any atom is -0.495 e. The van der Waals surface area contributed by atoms with E-state index >= 15 is 0 Å². The molecule has 0 aliphatic heterocycles. The maximum Gasteiger partial charge on any atom is 0.340 e. The number of ether oxygens (including phenoxy) is 4. The van der Waals surface area contributed by atoms with E-state index in [1.54, 1.807) is 0 Å². The zero-order chi connectivity index (χ0) is 27.2. The van der Waals surface area contributed by atoms with Crippen molar-refractivity contribution in [1.82, 2.24) is 4.31 Å². The van der Waals surface area contributed by atoms with Crippen molar-refractivity contribution in [1.29, 1.82) is 0 Å². The molecule has 0 bridgehead atoms. The standard InChI is InChI=1S/C25H31ClN2O8S/c1-33-21-11-10-17(12-19(21)26)37(31,32)28(16-8-6-5-7-9-16)15-24(29)27-20-14-23(35-3)22(34-2)13-18(20)25(30)36-4/h10-14,16H,5-9,15H2,1-4H3,(H,27,29). The Labute approximate surface area is 221 Å². The molecule has 1 amide bonds. The Balaban J connectivity index is 1.96. The summed E-state index contributed by atoms with van der Waals surface area (Å²) < 4.78 is 49.1. The molecule has 0 saturated heterocycles. The fourth-order valence-corrected chi connectivity index (χ4v) is 6.31. The first kappa shape index (κ1) is 28.5. The average Bonchev–Trinajstić information content (AvgIpc) is 2.91. The van der Waals surface area contributed by atoms with Gasteiger partial charge in [0.05, 0.1) is 56.2 Å². The van der Waals surface area contributed by atoms with Crippen LogP contribution in [0, 0.1) is 0 Å². The number of carbonyl (C=O) groups is 2. The van der Waals surface area contributed by atoms with E-state index in [-0.39, 0.29) is 38.7 Å². The van der Waals surface area contributed by atoms with Crippen molar-refractivity contribution in [3.8, 4) is 17.2 Å². The highest BCUT2D eigenvalue weighted by Gasteiger charge is 2.34. The molecule has 1 N–H and O–H groups in total. The SMILES string of the molecule is COC(=O)c1cc(OC)c(OC)cc1NC(=O)CN(C1CCCCC1)S(=O)(=O)c1ccc(OC)c(Cl)c1. The summed E-state index contributed by atoms with van der Waals surface area (Å²) in [5.41, 5.74) is 0.130. The summed E-state index contributed by atoms with van der Waals surface area (Å²) in [6, 6.07) is 6.63. The summed E-state index contributed by atoms with van der Waals surface area (Å²) >= 11 is 6.20. The number of nitrogens with zero attached hydrogens (tertiary/aromatic N) is 1. The maximum absolute atomic E-state index is 13.7. The summed E-state index contributed by atoms with van der Waals surface area (Å²) in [5, 5.41) is 2.79. The van der Waals surface area contributed by atoms with Crippen LogP contribution < -0.4 is 19.5 Å². The van der Waals surface area contributed by atoms with Gasteiger partial charge in [0.1, 0.15) is 5.75 Å². The highest BCUT2D eigenvalue weighted by molar-refractivity contribution is 7.89. The number of carbonyl (C=O) groups excluding carboxylic acids is 2. The van der Waals surface area contributed by atoms with E-state index in [1.165, 1.54) is 63.1 Å². The summed E-state index contributed by atoms with van der Waals surface area (Å²) in [7, 11) is 1.38. The number of esters is 1. The van der Waals surface area contributed by atoms with Crippen molar-refractivity contribution in [2.75, 3.05) is 40.3 Å². The molecular weight excluding hydrogens is 524 g/mol. The average molecular weight is 555 g/mol. The minimum atomic E-state index is -4.09. The first-order valence-electron chi connectivity index (χ1n) is 11.7. The Bertz CT molecular complexity index is 1250. The number of amides is 1. The molecule has 0 atom stereocenters. The fourth-order valence-electron chi connectivity index (χ4n) is 4.31. The number of anilines is 1. The van der Waals surface area contributed by atoms with Crippen molar-refractivity contribution >= 4 is 39.2 Å². The van der Waals surface area contributed by atoms with Gasteiger partial charge < -0.3 is 24.3 Å². The van der Waals surface area contributed by atoms with Gasteiger partial charge in [-0.05, 0) is 31.0 Å². The van der Waals surface area contributed by atoms with Crippen molar-refractivity contribution in [3.63, 3.8) is 0 Å². The molecule has 0 radical (unpaired) electrons. The third kappa shape index (κ3) is 6.46. The van der Waals surface area contributed by atoms with Crippen LogP contribution in [0.4, 0.5) is 5.69 Å². The second-order valence-electron chi connectivity index (χ2n) is 8.43. The molecule has 37 heavy (non-hydrogen) atoms. The first-order valence-corrected chi connectivity index (χ1v) is 13.5. The molecule has 1 aliphatic carbocycles. The molecule has 0 spiro atoms. The Kier molecular flexibility index (Phi) is 9.63. The fraction of sp³-hybridized carbons (Fsp3) is 0.440. The Hall–Kier alpha value is -3.02. The number of rotatable bonds is 10. The van der Waals surface area contributed by atoms with E-state index in [9.17, 15) is 18.0 Å². The molecule has 2 aromatic carbocycles. The third-order valence-corrected chi connectivity index (χ3v) is 8.40. The van der Waals surface area contributed by atoms with Crippen molar-refractivity contribution in [3.05, 3.63) is 40.9 Å². The third-order valence-electron chi connectivity index (χ3n) is 6.21. The molecular formula is C25H31ClN2O8S. The van der Waals surface area contributed by atoms with Gasteiger partial charge in [0.2, 0.25) is 15.9 Å². The predicted octanol–water partition coefficient (Wildman–Crippen LogP) is 4.11. The molecule has 1 saturated carbocycles. The van der Waals surface area contributed by atoms with Crippen molar-refractivity contribution in [2.45, 2.75) is 43.0 Å². The number of halogens is 1. The molecule has 2 aromatic rings. The van der Waals surface area contributed by atoms with Crippen LogP contribution >= 0.6 is 11.6 Å². The van der Waals surface area contributed by atoms with E-state index in [1.807, 2.05) is 0 Å². The Morgan fingerprint density at radius 3 is 2.14 bits per heavy atom.